The zero-order valence-electron chi connectivity index (χ0n) is 51.9. The fraction of sp³-hybridized carbons (Fsp3) is 0.881. The summed E-state index contributed by atoms with van der Waals surface area (Å²) in [5.41, 5.74) is 0. The minimum absolute atomic E-state index is 0.0192. The van der Waals surface area contributed by atoms with Gasteiger partial charge in [0.25, 0.3) is 7.82 Å². The van der Waals surface area contributed by atoms with Crippen LogP contribution in [0.3, 0.4) is 0 Å². The fourth-order valence-electron chi connectivity index (χ4n) is 9.91. The van der Waals surface area contributed by atoms with Gasteiger partial charge in [-0.2, -0.15) is 0 Å². The number of hydrogen-bond donors (Lipinski definition) is 1. The summed E-state index contributed by atoms with van der Waals surface area (Å²) in [5, 5.41) is 3.04. The molecule has 0 aromatic rings. The predicted octanol–water partition coefficient (Wildman–Crippen LogP) is 20.0. The monoisotopic (exact) mass is 1100 g/mol. The molecule has 0 heterocycles. The third-order valence-corrected chi connectivity index (χ3v) is 16.0. The first-order valence-corrected chi connectivity index (χ1v) is 34.8. The van der Waals surface area contributed by atoms with Gasteiger partial charge in [-0.3, -0.25) is 14.2 Å². The molecular formula is C67H129N2O7P. The molecule has 0 spiro atoms. The minimum atomic E-state index is -4.69. The van der Waals surface area contributed by atoms with Crippen LogP contribution in [0.2, 0.25) is 0 Å². The Hall–Kier alpha value is -1.77. The number of esters is 1. The topological polar surface area (TPSA) is 114 Å². The van der Waals surface area contributed by atoms with E-state index < -0.39 is 20.0 Å². The van der Waals surface area contributed by atoms with Crippen LogP contribution in [-0.2, 0) is 27.9 Å². The van der Waals surface area contributed by atoms with Gasteiger partial charge in [-0.25, -0.2) is 0 Å². The van der Waals surface area contributed by atoms with Crippen molar-refractivity contribution in [2.24, 2.45) is 0 Å². The van der Waals surface area contributed by atoms with Gasteiger partial charge in [0.05, 0.1) is 33.8 Å². The molecule has 1 amide bonds. The quantitative estimate of drug-likeness (QED) is 0.0212. The van der Waals surface area contributed by atoms with Crippen LogP contribution < -0.4 is 10.2 Å². The van der Waals surface area contributed by atoms with Gasteiger partial charge < -0.3 is 28.5 Å². The second kappa shape index (κ2) is 57.5. The lowest BCUT2D eigenvalue weighted by molar-refractivity contribution is -0.870. The number of hydrogen-bond acceptors (Lipinski definition) is 7. The molecular weight excluding hydrogens is 976 g/mol. The SMILES string of the molecule is CCCCC/C=C\C/C=C\CCCCCCCCCCCCCCCCCC(=O)NC(COP(=O)([O-])OCC[N+](C)(C)C)C(/C=C\CCCCCCCCCCCC)OC(=O)CCCCCCCCCCCCCCCC. The lowest BCUT2D eigenvalue weighted by Gasteiger charge is -2.30. The largest absolute Gasteiger partial charge is 0.756 e. The van der Waals surface area contributed by atoms with Crippen molar-refractivity contribution in [3.8, 4) is 0 Å². The maximum atomic E-state index is 13.6. The number of phosphoric ester groups is 1. The van der Waals surface area contributed by atoms with E-state index in [1.165, 1.54) is 231 Å². The van der Waals surface area contributed by atoms with E-state index in [0.717, 1.165) is 64.2 Å². The predicted molar refractivity (Wildman–Crippen MR) is 330 cm³/mol. The third-order valence-electron chi connectivity index (χ3n) is 15.1. The number of amides is 1. The summed E-state index contributed by atoms with van der Waals surface area (Å²) in [5.74, 6) is -0.524. The molecule has 9 nitrogen and oxygen atoms in total. The van der Waals surface area contributed by atoms with E-state index in [-0.39, 0.29) is 31.5 Å². The van der Waals surface area contributed by atoms with Crippen molar-refractivity contribution in [3.63, 3.8) is 0 Å². The maximum absolute atomic E-state index is 13.6. The van der Waals surface area contributed by atoms with Crippen LogP contribution in [0, 0.1) is 0 Å². The Morgan fingerprint density at radius 3 is 1.19 bits per heavy atom. The van der Waals surface area contributed by atoms with Crippen molar-refractivity contribution in [1.82, 2.24) is 5.32 Å². The summed E-state index contributed by atoms with van der Waals surface area (Å²) < 4.78 is 30.4. The number of carbonyl (C=O) groups excluding carboxylic acids is 2. The van der Waals surface area contributed by atoms with Crippen molar-refractivity contribution < 1.29 is 37.3 Å². The molecule has 0 aromatic heterocycles. The van der Waals surface area contributed by atoms with E-state index in [4.69, 9.17) is 13.8 Å². The molecule has 0 fully saturated rings. The van der Waals surface area contributed by atoms with Crippen molar-refractivity contribution in [2.75, 3.05) is 40.9 Å². The summed E-state index contributed by atoms with van der Waals surface area (Å²) >= 11 is 0. The van der Waals surface area contributed by atoms with Crippen molar-refractivity contribution in [2.45, 2.75) is 341 Å². The molecule has 3 atom stereocenters. The zero-order chi connectivity index (χ0) is 56.4. The first kappa shape index (κ1) is 75.2. The Morgan fingerprint density at radius 2 is 0.792 bits per heavy atom. The normalized spacial score (nSPS) is 13.8. The average Bonchev–Trinajstić information content (AvgIpc) is 3.39. The van der Waals surface area contributed by atoms with E-state index in [2.05, 4.69) is 50.4 Å². The van der Waals surface area contributed by atoms with Crippen molar-refractivity contribution in [3.05, 3.63) is 36.5 Å². The van der Waals surface area contributed by atoms with Gasteiger partial charge in [0.15, 0.2) is 0 Å². The van der Waals surface area contributed by atoms with Gasteiger partial charge in [0.2, 0.25) is 5.91 Å². The molecule has 10 heteroatoms. The Balaban J connectivity index is 5.04. The Morgan fingerprint density at radius 1 is 0.455 bits per heavy atom. The maximum Gasteiger partial charge on any atom is 0.306 e. The second-order valence-electron chi connectivity index (χ2n) is 24.0. The van der Waals surface area contributed by atoms with Gasteiger partial charge in [0.1, 0.15) is 19.3 Å². The molecule has 0 aromatic carbocycles. The van der Waals surface area contributed by atoms with Crippen LogP contribution in [0.5, 0.6) is 0 Å². The van der Waals surface area contributed by atoms with Crippen LogP contribution in [0.25, 0.3) is 0 Å². The van der Waals surface area contributed by atoms with Crippen LogP contribution in [-0.4, -0.2) is 69.4 Å². The van der Waals surface area contributed by atoms with Gasteiger partial charge >= 0.3 is 5.97 Å². The highest BCUT2D eigenvalue weighted by molar-refractivity contribution is 7.45. The first-order chi connectivity index (χ1) is 37.4. The number of nitrogens with zero attached hydrogens (tertiary/aromatic N) is 1. The van der Waals surface area contributed by atoms with Crippen LogP contribution in [0.1, 0.15) is 329 Å². The molecule has 0 aliphatic carbocycles. The van der Waals surface area contributed by atoms with Gasteiger partial charge in [-0.05, 0) is 63.9 Å². The molecule has 0 rings (SSSR count). The van der Waals surface area contributed by atoms with Crippen LogP contribution >= 0.6 is 7.82 Å². The van der Waals surface area contributed by atoms with Gasteiger partial charge in [0, 0.05) is 12.8 Å². The number of nitrogens with one attached hydrogen (secondary N) is 1. The Kier molecular flexibility index (Phi) is 56.1. The average molecular weight is 1110 g/mol. The molecule has 0 bridgehead atoms. The van der Waals surface area contributed by atoms with Crippen LogP contribution in [0.4, 0.5) is 0 Å². The van der Waals surface area contributed by atoms with Crippen LogP contribution in [0.15, 0.2) is 36.5 Å². The van der Waals surface area contributed by atoms with E-state index in [0.29, 0.717) is 17.4 Å². The standard InChI is InChI=1S/C67H129N2O7P/c1-7-10-13-16-19-22-25-28-30-31-32-33-34-35-36-37-38-39-40-41-44-47-50-53-56-59-66(70)68-64(63-75-77(72,73)74-62-61-69(4,5)6)65(58-55-52-49-46-43-27-24-21-18-15-12-9-3)76-67(71)60-57-54-51-48-45-42-29-26-23-20-17-14-11-8-2/h19,22,28,30,55,58,64-65H,7-18,20-21,23-27,29,31-54,56-57,59-63H2,1-6H3,(H-,68,70,72,73)/b22-19-,30-28-,58-55-. The number of likely N-dealkylation sites (N-methyl/N-ethyl adjacent to an activating group) is 1. The Labute approximate surface area is 478 Å². The first-order valence-electron chi connectivity index (χ1n) is 33.3. The highest BCUT2D eigenvalue weighted by Crippen LogP contribution is 2.38. The highest BCUT2D eigenvalue weighted by atomic mass is 31.2. The third kappa shape index (κ3) is 58.7. The Bertz CT molecular complexity index is 1410. The number of rotatable bonds is 61. The summed E-state index contributed by atoms with van der Waals surface area (Å²) in [6.07, 6.45) is 69.7. The lowest BCUT2D eigenvalue weighted by Crippen LogP contribution is -2.47. The summed E-state index contributed by atoms with van der Waals surface area (Å²) in [6, 6.07) is -0.883. The lowest BCUT2D eigenvalue weighted by atomic mass is 10.0. The molecule has 0 aliphatic heterocycles. The smallest absolute Gasteiger partial charge is 0.306 e. The van der Waals surface area contributed by atoms with E-state index in [9.17, 15) is 19.0 Å². The summed E-state index contributed by atoms with van der Waals surface area (Å²) in [6.45, 7) is 6.86. The summed E-state index contributed by atoms with van der Waals surface area (Å²) in [7, 11) is 1.20. The number of quaternary nitrogens is 1. The molecule has 77 heavy (non-hydrogen) atoms. The molecule has 0 saturated carbocycles. The number of allylic oxidation sites excluding steroid dienone is 5. The number of unbranched alkanes of at least 4 members (excludes halogenated alkanes) is 41. The number of carbonyl (C=O) groups is 2. The fourth-order valence-corrected chi connectivity index (χ4v) is 10.6. The van der Waals surface area contributed by atoms with Gasteiger partial charge in [-0.15, -0.1) is 0 Å². The highest BCUT2D eigenvalue weighted by Gasteiger charge is 2.27. The van der Waals surface area contributed by atoms with E-state index in [1.54, 1.807) is 0 Å². The van der Waals surface area contributed by atoms with Crippen molar-refractivity contribution >= 4 is 19.7 Å². The number of ether oxygens (including phenoxy) is 1. The minimum Gasteiger partial charge on any atom is -0.756 e. The van der Waals surface area contributed by atoms with Crippen molar-refractivity contribution in [1.29, 1.82) is 0 Å². The molecule has 0 aliphatic rings. The van der Waals surface area contributed by atoms with E-state index >= 15 is 0 Å². The zero-order valence-corrected chi connectivity index (χ0v) is 52.8. The molecule has 454 valence electrons. The van der Waals surface area contributed by atoms with Gasteiger partial charge in [-0.1, -0.05) is 289 Å². The number of phosphoric acid groups is 1. The molecule has 1 N–H and O–H groups in total. The second-order valence-corrected chi connectivity index (χ2v) is 25.4. The molecule has 0 saturated heterocycles. The molecule has 0 radical (unpaired) electrons. The van der Waals surface area contributed by atoms with E-state index in [1.807, 2.05) is 33.3 Å². The summed E-state index contributed by atoms with van der Waals surface area (Å²) in [4.78, 5) is 40.0. The molecule has 3 unspecified atom stereocenters.